The van der Waals surface area contributed by atoms with Gasteiger partial charge in [-0.3, -0.25) is 14.7 Å². The summed E-state index contributed by atoms with van der Waals surface area (Å²) in [6.07, 6.45) is 2.37. The minimum absolute atomic E-state index is 0.0927. The molecule has 3 atom stereocenters. The van der Waals surface area contributed by atoms with Gasteiger partial charge in [0.2, 0.25) is 5.91 Å². The lowest BCUT2D eigenvalue weighted by molar-refractivity contribution is -0.124. The number of β-amino-alcohol motifs (C(OH)–C–C–N with tert-alkyl or cyclic N) is 1. The molecule has 0 aliphatic carbocycles. The number of aliphatic hydroxyl groups is 1. The molecule has 8 heteroatoms. The predicted molar refractivity (Wildman–Crippen MR) is 138 cm³/mol. The van der Waals surface area contributed by atoms with Crippen LogP contribution in [-0.4, -0.2) is 58.3 Å². The summed E-state index contributed by atoms with van der Waals surface area (Å²) >= 11 is 0. The summed E-state index contributed by atoms with van der Waals surface area (Å²) in [5.74, 6) is -0.139. The molecule has 8 nitrogen and oxygen atoms in total. The molecule has 1 aliphatic heterocycles. The first-order chi connectivity index (χ1) is 17.4. The Bertz CT molecular complexity index is 1170. The lowest BCUT2D eigenvalue weighted by Gasteiger charge is -2.23. The quantitative estimate of drug-likeness (QED) is 0.426. The summed E-state index contributed by atoms with van der Waals surface area (Å²) in [6.45, 7) is 5.74. The summed E-state index contributed by atoms with van der Waals surface area (Å²) in [7, 11) is 0. The Balaban J connectivity index is 1.31. The van der Waals surface area contributed by atoms with Gasteiger partial charge in [-0.15, -0.1) is 0 Å². The SMILES string of the molecule is CC(C)C[C@H](NC(=O)OCc1ccncc1)C(=O)NC1CN(Cc2ccc3ccccc3c2)CC1O. The second kappa shape index (κ2) is 12.0. The number of carbonyl (C=O) groups is 2. The highest BCUT2D eigenvalue weighted by Crippen LogP contribution is 2.19. The largest absolute Gasteiger partial charge is 0.445 e. The highest BCUT2D eigenvalue weighted by atomic mass is 16.5. The van der Waals surface area contributed by atoms with E-state index in [9.17, 15) is 14.7 Å². The number of benzene rings is 2. The molecule has 2 aromatic carbocycles. The third kappa shape index (κ3) is 7.02. The number of carbonyl (C=O) groups excluding carboxylic acids is 2. The first kappa shape index (κ1) is 25.6. The van der Waals surface area contributed by atoms with Crippen LogP contribution < -0.4 is 10.6 Å². The summed E-state index contributed by atoms with van der Waals surface area (Å²) in [4.78, 5) is 31.5. The number of ether oxygens (including phenoxy) is 1. The van der Waals surface area contributed by atoms with Crippen LogP contribution in [0.25, 0.3) is 10.8 Å². The fourth-order valence-electron chi connectivity index (χ4n) is 4.53. The van der Waals surface area contributed by atoms with E-state index in [1.165, 1.54) is 10.8 Å². The molecule has 2 heterocycles. The Kier molecular flexibility index (Phi) is 8.51. The molecule has 3 N–H and O–H groups in total. The van der Waals surface area contributed by atoms with Gasteiger partial charge in [0, 0.05) is 32.0 Å². The smallest absolute Gasteiger partial charge is 0.408 e. The van der Waals surface area contributed by atoms with Crippen molar-refractivity contribution in [3.8, 4) is 0 Å². The number of nitrogens with one attached hydrogen (secondary N) is 2. The molecule has 190 valence electrons. The van der Waals surface area contributed by atoms with Gasteiger partial charge in [0.25, 0.3) is 0 Å². The summed E-state index contributed by atoms with van der Waals surface area (Å²) < 4.78 is 5.28. The molecule has 0 bridgehead atoms. The van der Waals surface area contributed by atoms with Gasteiger partial charge >= 0.3 is 6.09 Å². The minimum atomic E-state index is -0.753. The van der Waals surface area contributed by atoms with Gasteiger partial charge in [-0.2, -0.15) is 0 Å². The monoisotopic (exact) mass is 490 g/mol. The number of nitrogens with zero attached hydrogens (tertiary/aromatic N) is 2. The normalized spacial score (nSPS) is 18.8. The summed E-state index contributed by atoms with van der Waals surface area (Å²) in [5, 5.41) is 18.7. The van der Waals surface area contributed by atoms with Crippen LogP contribution in [-0.2, 0) is 22.7 Å². The maximum absolute atomic E-state index is 13.1. The minimum Gasteiger partial charge on any atom is -0.445 e. The zero-order valence-electron chi connectivity index (χ0n) is 20.8. The van der Waals surface area contributed by atoms with Crippen molar-refractivity contribution in [3.63, 3.8) is 0 Å². The van der Waals surface area contributed by atoms with E-state index in [2.05, 4.69) is 50.8 Å². The Morgan fingerprint density at radius 1 is 1.06 bits per heavy atom. The van der Waals surface area contributed by atoms with E-state index in [1.807, 2.05) is 26.0 Å². The number of hydrogen-bond acceptors (Lipinski definition) is 6. The average molecular weight is 491 g/mol. The standard InChI is InChI=1S/C28H34N4O4/c1-19(2)13-24(31-28(35)36-18-20-9-11-29-12-10-20)27(34)30-25-16-32(17-26(25)33)15-21-7-8-22-5-3-4-6-23(22)14-21/h3-12,14,19,24-26,33H,13,15-18H2,1-2H3,(H,30,34)(H,31,35)/t24-,25?,26?/m0/s1. The van der Waals surface area contributed by atoms with Crippen molar-refractivity contribution in [2.24, 2.45) is 5.92 Å². The molecular formula is C28H34N4O4. The molecule has 4 rings (SSSR count). The molecule has 1 aromatic heterocycles. The molecule has 36 heavy (non-hydrogen) atoms. The first-order valence-electron chi connectivity index (χ1n) is 12.4. The van der Waals surface area contributed by atoms with Crippen LogP contribution in [0.2, 0.25) is 0 Å². The van der Waals surface area contributed by atoms with Crippen LogP contribution in [0.4, 0.5) is 4.79 Å². The number of alkyl carbamates (subject to hydrolysis) is 1. The Hall–Kier alpha value is -3.49. The third-order valence-corrected chi connectivity index (χ3v) is 6.35. The van der Waals surface area contributed by atoms with Gasteiger partial charge in [0.15, 0.2) is 0 Å². The number of pyridine rings is 1. The van der Waals surface area contributed by atoms with E-state index in [1.54, 1.807) is 24.5 Å². The molecular weight excluding hydrogens is 456 g/mol. The molecule has 0 saturated carbocycles. The van der Waals surface area contributed by atoms with Crippen molar-refractivity contribution in [1.82, 2.24) is 20.5 Å². The van der Waals surface area contributed by atoms with Gasteiger partial charge in [-0.25, -0.2) is 4.79 Å². The van der Waals surface area contributed by atoms with Crippen LogP contribution in [0, 0.1) is 5.92 Å². The van der Waals surface area contributed by atoms with E-state index in [0.29, 0.717) is 26.1 Å². The lowest BCUT2D eigenvalue weighted by Crippen LogP contribution is -2.53. The molecule has 0 radical (unpaired) electrons. The molecule has 2 amide bonds. The number of aromatic nitrogens is 1. The highest BCUT2D eigenvalue weighted by molar-refractivity contribution is 5.86. The van der Waals surface area contributed by atoms with E-state index in [-0.39, 0.29) is 18.4 Å². The second-order valence-corrected chi connectivity index (χ2v) is 9.82. The Morgan fingerprint density at radius 3 is 2.56 bits per heavy atom. The lowest BCUT2D eigenvalue weighted by atomic mass is 10.0. The number of amides is 2. The third-order valence-electron chi connectivity index (χ3n) is 6.35. The van der Waals surface area contributed by atoms with Crippen LogP contribution in [0.1, 0.15) is 31.4 Å². The highest BCUT2D eigenvalue weighted by Gasteiger charge is 2.34. The Morgan fingerprint density at radius 2 is 1.81 bits per heavy atom. The Labute approximate surface area is 211 Å². The molecule has 1 aliphatic rings. The van der Waals surface area contributed by atoms with E-state index in [4.69, 9.17) is 4.74 Å². The fourth-order valence-corrected chi connectivity index (χ4v) is 4.53. The topological polar surface area (TPSA) is 104 Å². The van der Waals surface area contributed by atoms with Gasteiger partial charge in [-0.05, 0) is 52.4 Å². The van der Waals surface area contributed by atoms with Gasteiger partial charge < -0.3 is 20.5 Å². The van der Waals surface area contributed by atoms with Crippen LogP contribution in [0.3, 0.4) is 0 Å². The van der Waals surface area contributed by atoms with Crippen LogP contribution >= 0.6 is 0 Å². The van der Waals surface area contributed by atoms with Crippen molar-refractivity contribution in [2.75, 3.05) is 13.1 Å². The first-order valence-corrected chi connectivity index (χ1v) is 12.4. The van der Waals surface area contributed by atoms with Crippen molar-refractivity contribution in [2.45, 2.75) is 51.6 Å². The second-order valence-electron chi connectivity index (χ2n) is 9.82. The number of aliphatic hydroxyl groups excluding tert-OH is 1. The molecule has 1 saturated heterocycles. The summed E-state index contributed by atoms with van der Waals surface area (Å²) in [6, 6.07) is 16.9. The zero-order valence-corrected chi connectivity index (χ0v) is 20.8. The van der Waals surface area contributed by atoms with Crippen LogP contribution in [0.15, 0.2) is 67.0 Å². The number of rotatable bonds is 9. The van der Waals surface area contributed by atoms with Gasteiger partial charge in [0.1, 0.15) is 12.6 Å². The van der Waals surface area contributed by atoms with Gasteiger partial charge in [-0.1, -0.05) is 50.2 Å². The average Bonchev–Trinajstić information content (AvgIpc) is 3.20. The number of hydrogen-bond donors (Lipinski definition) is 3. The molecule has 1 fully saturated rings. The van der Waals surface area contributed by atoms with Crippen molar-refractivity contribution >= 4 is 22.8 Å². The van der Waals surface area contributed by atoms with E-state index < -0.39 is 24.3 Å². The van der Waals surface area contributed by atoms with Crippen molar-refractivity contribution in [1.29, 1.82) is 0 Å². The molecule has 2 unspecified atom stereocenters. The zero-order chi connectivity index (χ0) is 25.5. The maximum Gasteiger partial charge on any atom is 0.408 e. The summed E-state index contributed by atoms with van der Waals surface area (Å²) in [5.41, 5.74) is 1.97. The van der Waals surface area contributed by atoms with Gasteiger partial charge in [0.05, 0.1) is 12.1 Å². The fraction of sp³-hybridized carbons (Fsp3) is 0.393. The van der Waals surface area contributed by atoms with Crippen molar-refractivity contribution < 1.29 is 19.4 Å². The van der Waals surface area contributed by atoms with Crippen LogP contribution in [0.5, 0.6) is 0 Å². The van der Waals surface area contributed by atoms with E-state index in [0.717, 1.165) is 11.1 Å². The number of likely N-dealkylation sites (tertiary alicyclic amines) is 1. The molecule has 0 spiro atoms. The van der Waals surface area contributed by atoms with Crippen molar-refractivity contribution in [3.05, 3.63) is 78.1 Å². The maximum atomic E-state index is 13.1. The molecule has 3 aromatic rings. The predicted octanol–water partition coefficient (Wildman–Crippen LogP) is 3.24. The number of fused-ring (bicyclic) bond motifs is 1. The van der Waals surface area contributed by atoms with E-state index >= 15 is 0 Å².